The van der Waals surface area contributed by atoms with Gasteiger partial charge in [-0.05, 0) is 0 Å². The van der Waals surface area contributed by atoms with Gasteiger partial charge in [-0.25, -0.2) is 0 Å². The van der Waals surface area contributed by atoms with Crippen LogP contribution >= 0.6 is 17.0 Å². The second-order valence-corrected chi connectivity index (χ2v) is 27.2. The van der Waals surface area contributed by atoms with Crippen LogP contribution in [0.2, 0.25) is 0 Å². The molecule has 0 bridgehead atoms. The van der Waals surface area contributed by atoms with Gasteiger partial charge in [-0.3, -0.25) is 0 Å². The van der Waals surface area contributed by atoms with E-state index in [0.29, 0.717) is 11.8 Å². The van der Waals surface area contributed by atoms with Crippen molar-refractivity contribution in [1.82, 2.24) is 0 Å². The van der Waals surface area contributed by atoms with Gasteiger partial charge in [0, 0.05) is 0 Å². The van der Waals surface area contributed by atoms with Gasteiger partial charge in [-0.1, -0.05) is 0 Å². The summed E-state index contributed by atoms with van der Waals surface area (Å²) in [6.07, 6.45) is 4.69. The molecule has 6 rings (SSSR count). The van der Waals surface area contributed by atoms with Crippen LogP contribution in [0.25, 0.3) is 28.3 Å². The van der Waals surface area contributed by atoms with Crippen LogP contribution in [0.15, 0.2) is 90.5 Å². The Morgan fingerprint density at radius 1 is 0.769 bits per heavy atom. The number of fused-ring (bicyclic) bond motifs is 4. The molecule has 0 radical (unpaired) electrons. The van der Waals surface area contributed by atoms with E-state index in [1.54, 1.807) is 0 Å². The molecule has 3 atom stereocenters. The van der Waals surface area contributed by atoms with E-state index >= 15 is 0 Å². The van der Waals surface area contributed by atoms with Crippen LogP contribution in [0.5, 0.6) is 0 Å². The first kappa shape index (κ1) is 27.5. The maximum absolute atomic E-state index is 7.90. The SMILES string of the molecule is CCC(C)C1=Cc2c(ccc(C(C)CC)c2-c2ccccc2)[CH]1[Zr]([Cl])([Cl])[c]1cccc2c1[SiH2]c1ccccc1-2. The molecule has 1 aliphatic heterocycles. The first-order valence-electron chi connectivity index (χ1n) is 14.4. The van der Waals surface area contributed by atoms with Gasteiger partial charge in [0.05, 0.1) is 0 Å². The summed E-state index contributed by atoms with van der Waals surface area (Å²) < 4.78 is 1.43. The van der Waals surface area contributed by atoms with Gasteiger partial charge < -0.3 is 0 Å². The molecule has 1 heterocycles. The number of benzene rings is 4. The topological polar surface area (TPSA) is 0 Å². The predicted molar refractivity (Wildman–Crippen MR) is 172 cm³/mol. The van der Waals surface area contributed by atoms with Gasteiger partial charge in [-0.2, -0.15) is 0 Å². The van der Waals surface area contributed by atoms with Crippen LogP contribution in [-0.2, 0) is 17.9 Å². The summed E-state index contributed by atoms with van der Waals surface area (Å²) in [5.74, 6) is 0.907. The summed E-state index contributed by atoms with van der Waals surface area (Å²) in [6, 6.07) is 31.4. The number of allylic oxidation sites excluding steroid dienone is 1. The van der Waals surface area contributed by atoms with Crippen molar-refractivity contribution in [3.05, 3.63) is 107 Å². The van der Waals surface area contributed by atoms with Crippen molar-refractivity contribution in [2.24, 2.45) is 5.92 Å². The van der Waals surface area contributed by atoms with Crippen LogP contribution in [-0.4, -0.2) is 9.52 Å². The van der Waals surface area contributed by atoms with Crippen molar-refractivity contribution in [1.29, 1.82) is 0 Å². The average Bonchev–Trinajstić information content (AvgIpc) is 3.55. The van der Waals surface area contributed by atoms with Crippen molar-refractivity contribution in [2.75, 3.05) is 0 Å². The Hall–Kier alpha value is -1.70. The molecule has 0 nitrogen and oxygen atoms in total. The van der Waals surface area contributed by atoms with Gasteiger partial charge in [0.15, 0.2) is 0 Å². The van der Waals surface area contributed by atoms with Gasteiger partial charge in [0.2, 0.25) is 0 Å². The molecule has 0 N–H and O–H groups in total. The molecule has 0 saturated carbocycles. The molecular weight excluding hydrogens is 611 g/mol. The van der Waals surface area contributed by atoms with E-state index in [2.05, 4.69) is 119 Å². The molecule has 3 unspecified atom stereocenters. The quantitative estimate of drug-likeness (QED) is 0.156. The van der Waals surface area contributed by atoms with Gasteiger partial charge in [0.1, 0.15) is 0 Å². The Kier molecular flexibility index (Phi) is 7.71. The summed E-state index contributed by atoms with van der Waals surface area (Å²) in [5, 5.41) is 3.01. The van der Waals surface area contributed by atoms with Crippen LogP contribution in [0.3, 0.4) is 0 Å². The van der Waals surface area contributed by atoms with Gasteiger partial charge >= 0.3 is 250 Å². The van der Waals surface area contributed by atoms with E-state index in [0.717, 1.165) is 12.8 Å². The molecule has 0 amide bonds. The standard InChI is InChI=1S/C23H27.C12H9Si.2ClH.Zr/c1-5-16(3)20-14-19-12-13-21(17(4)6-2)23(22(19)15-20)18-10-8-7-9-11-18;1-3-7-11-9(5-1)10-6-2-4-8-12(10)13-11;;;/h7-17H,5-6H2,1-4H3;1-7H,13H2;2*1H;/q;;;;+2/p-2. The normalized spacial score (nSPS) is 17.9. The molecule has 0 fully saturated rings. The van der Waals surface area contributed by atoms with Crippen LogP contribution < -0.4 is 13.6 Å². The number of rotatable bonds is 7. The van der Waals surface area contributed by atoms with E-state index in [4.69, 9.17) is 17.0 Å². The third kappa shape index (κ3) is 4.61. The second-order valence-electron chi connectivity index (χ2n) is 11.4. The summed E-state index contributed by atoms with van der Waals surface area (Å²) >= 11 is -3.99. The Labute approximate surface area is 247 Å². The summed E-state index contributed by atoms with van der Waals surface area (Å²) in [5.41, 5.74) is 11.0. The molecule has 4 heteroatoms. The maximum atomic E-state index is 7.90. The Morgan fingerprint density at radius 2 is 1.46 bits per heavy atom. The molecule has 0 saturated heterocycles. The monoisotopic (exact) mass is 644 g/mol. The van der Waals surface area contributed by atoms with E-state index < -0.39 is 27.4 Å². The Bertz CT molecular complexity index is 1570. The molecule has 4 aromatic carbocycles. The molecule has 0 spiro atoms. The number of hydrogen-bond acceptors (Lipinski definition) is 0. The van der Waals surface area contributed by atoms with Crippen molar-refractivity contribution in [3.63, 3.8) is 0 Å². The van der Waals surface area contributed by atoms with E-state index in [-0.39, 0.29) is 3.63 Å². The second kappa shape index (κ2) is 10.9. The fourth-order valence-electron chi connectivity index (χ4n) is 6.74. The van der Waals surface area contributed by atoms with E-state index in [9.17, 15) is 0 Å². The van der Waals surface area contributed by atoms with Crippen LogP contribution in [0.4, 0.5) is 0 Å². The van der Waals surface area contributed by atoms with E-state index in [1.807, 2.05) is 0 Å². The fraction of sp³-hybridized carbons (Fsp3) is 0.257. The molecule has 39 heavy (non-hydrogen) atoms. The molecule has 1 aliphatic carbocycles. The Balaban J connectivity index is 1.57. The van der Waals surface area contributed by atoms with Crippen LogP contribution in [0, 0.1) is 5.92 Å². The van der Waals surface area contributed by atoms with Gasteiger partial charge in [0.25, 0.3) is 0 Å². The zero-order valence-electron chi connectivity index (χ0n) is 23.3. The summed E-state index contributed by atoms with van der Waals surface area (Å²) in [4.78, 5) is 0. The van der Waals surface area contributed by atoms with Crippen LogP contribution in [0.1, 0.15) is 66.8 Å². The van der Waals surface area contributed by atoms with Gasteiger partial charge in [-0.15, -0.1) is 0 Å². The molecule has 0 aromatic heterocycles. The van der Waals surface area contributed by atoms with Crippen molar-refractivity contribution in [2.45, 2.75) is 50.1 Å². The minimum absolute atomic E-state index is 0.116. The first-order valence-corrected chi connectivity index (χ1v) is 24.8. The molecule has 4 aromatic rings. The fourth-order valence-corrected chi connectivity index (χ4v) is 23.7. The third-order valence-corrected chi connectivity index (χ3v) is 23.5. The Morgan fingerprint density at radius 3 is 2.21 bits per heavy atom. The number of halogens is 2. The first-order chi connectivity index (χ1) is 18.9. The number of hydrogen-bond donors (Lipinski definition) is 0. The predicted octanol–water partition coefficient (Wildman–Crippen LogP) is 8.24. The zero-order valence-corrected chi connectivity index (χ0v) is 28.7. The van der Waals surface area contributed by atoms with E-state index in [1.165, 1.54) is 58.2 Å². The average molecular weight is 647 g/mol. The van der Waals surface area contributed by atoms with Crippen molar-refractivity contribution in [3.8, 4) is 22.3 Å². The molecule has 198 valence electrons. The summed E-state index contributed by atoms with van der Waals surface area (Å²) in [7, 11) is 15.2. The van der Waals surface area contributed by atoms with Crippen molar-refractivity contribution >= 4 is 46.3 Å². The minimum atomic E-state index is -3.99. The third-order valence-electron chi connectivity index (χ3n) is 9.23. The summed E-state index contributed by atoms with van der Waals surface area (Å²) in [6.45, 7) is 9.28. The van der Waals surface area contributed by atoms with Crippen molar-refractivity contribution < 1.29 is 17.9 Å². The molecular formula is C35H36Cl2SiZr. The molecule has 2 aliphatic rings. The zero-order chi connectivity index (χ0) is 27.3.